The number of hydrogen-bond acceptors (Lipinski definition) is 4. The average Bonchev–Trinajstić information content (AvgIpc) is 3.21. The highest BCUT2D eigenvalue weighted by atomic mass is 79.9. The molecule has 1 aromatic carbocycles. The number of benzene rings is 1. The number of rotatable bonds is 6. The van der Waals surface area contributed by atoms with Gasteiger partial charge in [-0.2, -0.15) is 0 Å². The number of ketones is 1. The minimum atomic E-state index is -0.0230. The van der Waals surface area contributed by atoms with Gasteiger partial charge in [0.1, 0.15) is 0 Å². The normalized spacial score (nSPS) is 16.1. The van der Waals surface area contributed by atoms with E-state index in [0.29, 0.717) is 16.9 Å². The number of likely N-dealkylation sites (tertiary alicyclic amines) is 1. The molecule has 0 unspecified atom stereocenters. The number of aromatic nitrogens is 2. The smallest absolute Gasteiger partial charge is 0.326 e. The predicted octanol–water partition coefficient (Wildman–Crippen LogP) is 4.29. The summed E-state index contributed by atoms with van der Waals surface area (Å²) in [6.07, 6.45) is 3.19. The van der Waals surface area contributed by atoms with Crippen LogP contribution in [0.15, 0.2) is 44.2 Å². The number of aromatic amines is 1. The zero-order valence-electron chi connectivity index (χ0n) is 15.9. The molecule has 1 N–H and O–H groups in total. The van der Waals surface area contributed by atoms with E-state index in [1.54, 1.807) is 6.07 Å². The lowest BCUT2D eigenvalue weighted by molar-refractivity contribution is 0.0942. The van der Waals surface area contributed by atoms with Crippen molar-refractivity contribution >= 4 is 32.7 Å². The monoisotopic (exact) mass is 445 g/mol. The molecule has 3 heterocycles. The third-order valence-corrected chi connectivity index (χ3v) is 6.34. The number of furan rings is 1. The van der Waals surface area contributed by atoms with Gasteiger partial charge < -0.3 is 14.3 Å². The molecule has 0 aliphatic carbocycles. The molecule has 6 nitrogen and oxygen atoms in total. The van der Waals surface area contributed by atoms with Crippen LogP contribution < -0.4 is 5.69 Å². The number of H-pyrrole nitrogens is 1. The third kappa shape index (κ3) is 3.86. The Kier molecular flexibility index (Phi) is 5.55. The summed E-state index contributed by atoms with van der Waals surface area (Å²) in [7, 11) is 0. The van der Waals surface area contributed by atoms with Crippen LogP contribution in [0.4, 0.5) is 0 Å². The maximum absolute atomic E-state index is 12.4. The molecule has 0 amide bonds. The molecule has 28 heavy (non-hydrogen) atoms. The van der Waals surface area contributed by atoms with E-state index in [0.717, 1.165) is 55.5 Å². The molecule has 1 fully saturated rings. The number of para-hydroxylation sites is 2. The molecule has 4 rings (SSSR count). The highest BCUT2D eigenvalue weighted by Crippen LogP contribution is 2.25. The summed E-state index contributed by atoms with van der Waals surface area (Å²) in [6, 6.07) is 9.87. The fourth-order valence-electron chi connectivity index (χ4n) is 4.02. The highest BCUT2D eigenvalue weighted by Gasteiger charge is 2.23. The lowest BCUT2D eigenvalue weighted by atomic mass is 10.0. The van der Waals surface area contributed by atoms with Gasteiger partial charge in [0.2, 0.25) is 0 Å². The molecule has 148 valence electrons. The molecular formula is C21H24BrN3O3. The van der Waals surface area contributed by atoms with Gasteiger partial charge in [-0.05, 0) is 66.9 Å². The molecule has 3 aromatic rings. The van der Waals surface area contributed by atoms with Crippen LogP contribution in [0.2, 0.25) is 0 Å². The SMILES string of the molecule is Cc1cc(C(=O)CCCN2CCC(n3c(=O)[nH]c4ccccc43)CC2)oc1Br. The van der Waals surface area contributed by atoms with Crippen LogP contribution in [0.5, 0.6) is 0 Å². The quantitative estimate of drug-likeness (QED) is 0.574. The van der Waals surface area contributed by atoms with Gasteiger partial charge in [-0.25, -0.2) is 4.79 Å². The van der Waals surface area contributed by atoms with Crippen molar-refractivity contribution in [2.45, 2.75) is 38.6 Å². The van der Waals surface area contributed by atoms with Crippen molar-refractivity contribution in [2.75, 3.05) is 19.6 Å². The number of fused-ring (bicyclic) bond motifs is 1. The number of Topliss-reactive ketones (excluding diaryl/α,β-unsaturated/α-hetero) is 1. The van der Waals surface area contributed by atoms with Crippen molar-refractivity contribution in [3.05, 3.63) is 56.8 Å². The number of carbonyl (C=O) groups is 1. The number of nitrogens with one attached hydrogen (secondary N) is 1. The van der Waals surface area contributed by atoms with Gasteiger partial charge in [0.05, 0.1) is 11.0 Å². The number of piperidine rings is 1. The summed E-state index contributed by atoms with van der Waals surface area (Å²) >= 11 is 3.30. The lowest BCUT2D eigenvalue weighted by Crippen LogP contribution is -2.37. The molecule has 0 atom stereocenters. The summed E-state index contributed by atoms with van der Waals surface area (Å²) in [5, 5.41) is 0. The van der Waals surface area contributed by atoms with Crippen molar-refractivity contribution in [3.8, 4) is 0 Å². The van der Waals surface area contributed by atoms with Crippen LogP contribution in [-0.4, -0.2) is 39.9 Å². The van der Waals surface area contributed by atoms with E-state index in [9.17, 15) is 9.59 Å². The van der Waals surface area contributed by atoms with Crippen LogP contribution in [0.1, 0.15) is 47.8 Å². The Morgan fingerprint density at radius 3 is 2.75 bits per heavy atom. The maximum Gasteiger partial charge on any atom is 0.326 e. The minimum Gasteiger partial charge on any atom is -0.446 e. The van der Waals surface area contributed by atoms with Crippen molar-refractivity contribution in [2.24, 2.45) is 0 Å². The van der Waals surface area contributed by atoms with E-state index in [2.05, 4.69) is 25.8 Å². The van der Waals surface area contributed by atoms with Gasteiger partial charge in [-0.3, -0.25) is 9.36 Å². The second-order valence-electron chi connectivity index (χ2n) is 7.48. The number of nitrogens with zero attached hydrogens (tertiary/aromatic N) is 2. The highest BCUT2D eigenvalue weighted by molar-refractivity contribution is 9.10. The molecule has 2 aromatic heterocycles. The molecule has 0 bridgehead atoms. The fourth-order valence-corrected chi connectivity index (χ4v) is 4.31. The second-order valence-corrected chi connectivity index (χ2v) is 8.20. The van der Waals surface area contributed by atoms with E-state index in [1.807, 2.05) is 35.8 Å². The van der Waals surface area contributed by atoms with Crippen molar-refractivity contribution < 1.29 is 9.21 Å². The summed E-state index contributed by atoms with van der Waals surface area (Å²) < 4.78 is 7.98. The van der Waals surface area contributed by atoms with Crippen molar-refractivity contribution in [1.29, 1.82) is 0 Å². The summed E-state index contributed by atoms with van der Waals surface area (Å²) in [4.78, 5) is 29.9. The number of carbonyl (C=O) groups excluding carboxylic acids is 1. The Balaban J connectivity index is 1.29. The van der Waals surface area contributed by atoms with Gasteiger partial charge in [0, 0.05) is 31.1 Å². The van der Waals surface area contributed by atoms with Crippen molar-refractivity contribution in [3.63, 3.8) is 0 Å². The Morgan fingerprint density at radius 2 is 2.04 bits per heavy atom. The van der Waals surface area contributed by atoms with Crippen LogP contribution in [-0.2, 0) is 0 Å². The second kappa shape index (κ2) is 8.09. The zero-order chi connectivity index (χ0) is 19.7. The zero-order valence-corrected chi connectivity index (χ0v) is 17.5. The van der Waals surface area contributed by atoms with Crippen LogP contribution in [0, 0.1) is 6.92 Å². The van der Waals surface area contributed by atoms with E-state index < -0.39 is 0 Å². The standard InChI is InChI=1S/C21H24BrN3O3/c1-14-13-19(28-20(14)22)18(26)7-4-10-24-11-8-15(9-12-24)25-17-6-3-2-5-16(17)23-21(25)27/h2-3,5-6,13,15H,4,7-12H2,1H3,(H,23,27). The van der Waals surface area contributed by atoms with E-state index in [1.165, 1.54) is 0 Å². The first kappa shape index (κ1) is 19.2. The first-order valence-electron chi connectivity index (χ1n) is 9.73. The number of halogens is 1. The number of imidazole rings is 1. The molecule has 1 aliphatic rings. The topological polar surface area (TPSA) is 71.2 Å². The lowest BCUT2D eigenvalue weighted by Gasteiger charge is -2.32. The van der Waals surface area contributed by atoms with E-state index >= 15 is 0 Å². The van der Waals surface area contributed by atoms with Gasteiger partial charge in [0.25, 0.3) is 0 Å². The van der Waals surface area contributed by atoms with Gasteiger partial charge in [-0.1, -0.05) is 12.1 Å². The molecular weight excluding hydrogens is 422 g/mol. The fraction of sp³-hybridized carbons (Fsp3) is 0.429. The Morgan fingerprint density at radius 1 is 1.29 bits per heavy atom. The summed E-state index contributed by atoms with van der Waals surface area (Å²) in [6.45, 7) is 4.68. The Hall–Kier alpha value is -2.12. The first-order valence-corrected chi connectivity index (χ1v) is 10.5. The van der Waals surface area contributed by atoms with Crippen molar-refractivity contribution in [1.82, 2.24) is 14.5 Å². The van der Waals surface area contributed by atoms with Gasteiger partial charge >= 0.3 is 5.69 Å². The predicted molar refractivity (Wildman–Crippen MR) is 112 cm³/mol. The number of hydrogen-bond donors (Lipinski definition) is 1. The van der Waals surface area contributed by atoms with Gasteiger partial charge in [0.15, 0.2) is 16.2 Å². The maximum atomic E-state index is 12.4. The van der Waals surface area contributed by atoms with Gasteiger partial charge in [-0.15, -0.1) is 0 Å². The minimum absolute atomic E-state index is 0.0230. The van der Waals surface area contributed by atoms with Crippen LogP contribution in [0.3, 0.4) is 0 Å². The third-order valence-electron chi connectivity index (χ3n) is 5.56. The molecule has 0 radical (unpaired) electrons. The number of aryl methyl sites for hydroxylation is 1. The average molecular weight is 446 g/mol. The summed E-state index contributed by atoms with van der Waals surface area (Å²) in [5.74, 6) is 0.482. The molecule has 0 spiro atoms. The summed E-state index contributed by atoms with van der Waals surface area (Å²) in [5.41, 5.74) is 2.80. The Labute approximate surface area is 171 Å². The molecule has 7 heteroatoms. The molecule has 1 saturated heterocycles. The Bertz CT molecular complexity index is 1020. The largest absolute Gasteiger partial charge is 0.446 e. The molecule has 1 aliphatic heterocycles. The van der Waals surface area contributed by atoms with Crippen LogP contribution in [0.25, 0.3) is 11.0 Å². The van der Waals surface area contributed by atoms with E-state index in [4.69, 9.17) is 4.42 Å². The first-order chi connectivity index (χ1) is 13.5. The molecule has 0 saturated carbocycles. The van der Waals surface area contributed by atoms with E-state index in [-0.39, 0.29) is 17.5 Å². The van der Waals surface area contributed by atoms with Crippen LogP contribution >= 0.6 is 15.9 Å².